The van der Waals surface area contributed by atoms with Gasteiger partial charge in [-0.25, -0.2) is 9.18 Å². The lowest BCUT2D eigenvalue weighted by Gasteiger charge is -2.10. The third kappa shape index (κ3) is 3.25. The molecule has 1 heterocycles. The highest BCUT2D eigenvalue weighted by molar-refractivity contribution is 6.06. The Hall–Kier alpha value is -3.67. The van der Waals surface area contributed by atoms with Crippen molar-refractivity contribution in [3.05, 3.63) is 88.2 Å². The van der Waals surface area contributed by atoms with Crippen LogP contribution in [-0.4, -0.2) is 10.9 Å². The molecular weight excluding hydrogens is 347 g/mol. The Morgan fingerprint density at radius 3 is 2.63 bits per heavy atom. The van der Waals surface area contributed by atoms with Gasteiger partial charge in [0, 0.05) is 16.8 Å². The molecule has 0 aliphatic heterocycles. The summed E-state index contributed by atoms with van der Waals surface area (Å²) in [5, 5.41) is 2.76. The van der Waals surface area contributed by atoms with Gasteiger partial charge in [-0.05, 0) is 54.4 Å². The number of hydrogen-bond acceptors (Lipinski definition) is 3. The van der Waals surface area contributed by atoms with Crippen LogP contribution >= 0.6 is 0 Å². The fourth-order valence-corrected chi connectivity index (χ4v) is 2.97. The molecule has 1 amide bonds. The van der Waals surface area contributed by atoms with Crippen molar-refractivity contribution in [1.82, 2.24) is 4.98 Å². The molecule has 6 heteroatoms. The van der Waals surface area contributed by atoms with Gasteiger partial charge in [0.2, 0.25) is 0 Å². The van der Waals surface area contributed by atoms with Crippen LogP contribution in [0.1, 0.15) is 15.9 Å². The maximum atomic E-state index is 13.0. The maximum absolute atomic E-state index is 13.0. The van der Waals surface area contributed by atoms with Crippen LogP contribution < -0.4 is 11.1 Å². The van der Waals surface area contributed by atoms with Crippen LogP contribution in [0.5, 0.6) is 0 Å². The number of aromatic nitrogens is 1. The molecule has 0 unspecified atom stereocenters. The van der Waals surface area contributed by atoms with E-state index in [9.17, 15) is 14.0 Å². The van der Waals surface area contributed by atoms with Crippen molar-refractivity contribution in [3.8, 4) is 11.1 Å². The predicted molar refractivity (Wildman–Crippen MR) is 101 cm³/mol. The third-order valence-electron chi connectivity index (χ3n) is 4.34. The molecule has 0 aliphatic rings. The lowest BCUT2D eigenvalue weighted by atomic mass is 9.98. The Morgan fingerprint density at radius 2 is 1.85 bits per heavy atom. The maximum Gasteiger partial charge on any atom is 0.417 e. The summed E-state index contributed by atoms with van der Waals surface area (Å²) < 4.78 is 18.3. The lowest BCUT2D eigenvalue weighted by molar-refractivity contribution is 0.102. The van der Waals surface area contributed by atoms with Gasteiger partial charge in [-0.3, -0.25) is 9.78 Å². The van der Waals surface area contributed by atoms with Gasteiger partial charge in [-0.1, -0.05) is 24.3 Å². The molecule has 2 N–H and O–H groups in total. The second-order valence-corrected chi connectivity index (χ2v) is 6.19. The van der Waals surface area contributed by atoms with Crippen molar-refractivity contribution in [2.24, 2.45) is 0 Å². The molecule has 4 aromatic rings. The molecule has 5 nitrogen and oxygen atoms in total. The molecule has 4 rings (SSSR count). The summed E-state index contributed by atoms with van der Waals surface area (Å²) in [5.74, 6) is -1.20. The topological polar surface area (TPSA) is 75.1 Å². The van der Waals surface area contributed by atoms with Crippen molar-refractivity contribution in [1.29, 1.82) is 0 Å². The number of amides is 1. The van der Waals surface area contributed by atoms with Crippen LogP contribution in [0, 0.1) is 12.7 Å². The molecule has 27 heavy (non-hydrogen) atoms. The first kappa shape index (κ1) is 16.8. The van der Waals surface area contributed by atoms with Crippen LogP contribution in [0.4, 0.5) is 10.1 Å². The van der Waals surface area contributed by atoms with Gasteiger partial charge in [0.05, 0.1) is 5.52 Å². The number of fused-ring (bicyclic) bond motifs is 1. The third-order valence-corrected chi connectivity index (χ3v) is 4.34. The first-order valence-electron chi connectivity index (χ1n) is 8.31. The number of oxazole rings is 1. The molecule has 3 aromatic carbocycles. The summed E-state index contributed by atoms with van der Waals surface area (Å²) >= 11 is 0. The molecule has 0 atom stereocenters. The fourth-order valence-electron chi connectivity index (χ4n) is 2.97. The van der Waals surface area contributed by atoms with E-state index >= 15 is 0 Å². The van der Waals surface area contributed by atoms with Crippen molar-refractivity contribution < 1.29 is 13.6 Å². The zero-order valence-corrected chi connectivity index (χ0v) is 14.4. The Balaban J connectivity index is 1.73. The minimum Gasteiger partial charge on any atom is -0.407 e. The molecule has 0 fully saturated rings. The lowest BCUT2D eigenvalue weighted by Crippen LogP contribution is -2.13. The molecule has 0 saturated heterocycles. The number of benzene rings is 3. The van der Waals surface area contributed by atoms with E-state index < -0.39 is 5.76 Å². The standard InChI is InChI=1S/C21H15FN2O3/c1-12-5-6-13(16-3-2-4-18-19(16)27-21(26)24-18)11-17(12)20(25)23-15-9-7-14(22)8-10-15/h2-11H,1H3,(H,23,25)(H,24,26). The SMILES string of the molecule is Cc1ccc(-c2cccc3[nH]c(=O)oc23)cc1C(=O)Nc1ccc(F)cc1. The number of halogens is 1. The van der Waals surface area contributed by atoms with Gasteiger partial charge in [0.1, 0.15) is 5.82 Å². The molecule has 134 valence electrons. The average Bonchev–Trinajstić information content (AvgIpc) is 3.04. The first-order chi connectivity index (χ1) is 13.0. The number of aryl methyl sites for hydroxylation is 1. The van der Waals surface area contributed by atoms with E-state index in [1.807, 2.05) is 25.1 Å². The first-order valence-corrected chi connectivity index (χ1v) is 8.31. The summed E-state index contributed by atoms with van der Waals surface area (Å²) in [6, 6.07) is 16.4. The van der Waals surface area contributed by atoms with E-state index in [2.05, 4.69) is 10.3 Å². The van der Waals surface area contributed by atoms with Crippen LogP contribution in [0.15, 0.2) is 69.9 Å². The van der Waals surface area contributed by atoms with E-state index in [1.54, 1.807) is 18.2 Å². The van der Waals surface area contributed by atoms with Gasteiger partial charge in [0.15, 0.2) is 5.58 Å². The highest BCUT2D eigenvalue weighted by Gasteiger charge is 2.14. The monoisotopic (exact) mass is 362 g/mol. The van der Waals surface area contributed by atoms with E-state index in [0.717, 1.165) is 11.1 Å². The van der Waals surface area contributed by atoms with Crippen molar-refractivity contribution in [2.75, 3.05) is 5.32 Å². The number of rotatable bonds is 3. The number of H-pyrrole nitrogens is 1. The van der Waals surface area contributed by atoms with Crippen LogP contribution in [-0.2, 0) is 0 Å². The summed E-state index contributed by atoms with van der Waals surface area (Å²) in [6.45, 7) is 1.83. The molecular formula is C21H15FN2O3. The van der Waals surface area contributed by atoms with Crippen LogP contribution in [0.2, 0.25) is 0 Å². The minimum atomic E-state index is -0.529. The van der Waals surface area contributed by atoms with Gasteiger partial charge in [-0.15, -0.1) is 0 Å². The zero-order chi connectivity index (χ0) is 19.0. The van der Waals surface area contributed by atoms with E-state index in [1.165, 1.54) is 24.3 Å². The van der Waals surface area contributed by atoms with Crippen molar-refractivity contribution >= 4 is 22.7 Å². The number of carbonyl (C=O) groups is 1. The molecule has 1 aromatic heterocycles. The predicted octanol–water partition coefficient (Wildman–Crippen LogP) is 4.49. The Kier molecular flexibility index (Phi) is 4.08. The summed E-state index contributed by atoms with van der Waals surface area (Å²) in [5.41, 5.74) is 4.27. The number of para-hydroxylation sites is 1. The second-order valence-electron chi connectivity index (χ2n) is 6.19. The number of aromatic amines is 1. The summed E-state index contributed by atoms with van der Waals surface area (Å²) in [4.78, 5) is 26.8. The van der Waals surface area contributed by atoms with Gasteiger partial charge in [0.25, 0.3) is 5.91 Å². The van der Waals surface area contributed by atoms with Crippen LogP contribution in [0.25, 0.3) is 22.2 Å². The normalized spacial score (nSPS) is 10.9. The van der Waals surface area contributed by atoms with Gasteiger partial charge >= 0.3 is 5.76 Å². The molecule has 0 bridgehead atoms. The quantitative estimate of drug-likeness (QED) is 0.564. The van der Waals surface area contributed by atoms with Crippen molar-refractivity contribution in [2.45, 2.75) is 6.92 Å². The van der Waals surface area contributed by atoms with E-state index in [-0.39, 0.29) is 11.7 Å². The van der Waals surface area contributed by atoms with E-state index in [4.69, 9.17) is 4.42 Å². The van der Waals surface area contributed by atoms with E-state index in [0.29, 0.717) is 27.9 Å². The summed E-state index contributed by atoms with van der Waals surface area (Å²) in [7, 11) is 0. The average molecular weight is 362 g/mol. The second kappa shape index (κ2) is 6.57. The summed E-state index contributed by atoms with van der Waals surface area (Å²) in [6.07, 6.45) is 0. The van der Waals surface area contributed by atoms with Crippen LogP contribution in [0.3, 0.4) is 0 Å². The minimum absolute atomic E-state index is 0.302. The Bertz CT molecular complexity index is 1210. The largest absolute Gasteiger partial charge is 0.417 e. The smallest absolute Gasteiger partial charge is 0.407 e. The highest BCUT2D eigenvalue weighted by atomic mass is 19.1. The highest BCUT2D eigenvalue weighted by Crippen LogP contribution is 2.29. The Labute approximate surface area is 153 Å². The number of hydrogen-bond donors (Lipinski definition) is 2. The molecule has 0 aliphatic carbocycles. The number of anilines is 1. The molecule has 0 radical (unpaired) electrons. The van der Waals surface area contributed by atoms with Gasteiger partial charge in [-0.2, -0.15) is 0 Å². The molecule has 0 saturated carbocycles. The molecule has 0 spiro atoms. The number of nitrogens with one attached hydrogen (secondary N) is 2. The fraction of sp³-hybridized carbons (Fsp3) is 0.0476. The zero-order valence-electron chi connectivity index (χ0n) is 14.4. The van der Waals surface area contributed by atoms with Crippen molar-refractivity contribution in [3.63, 3.8) is 0 Å². The Morgan fingerprint density at radius 1 is 1.07 bits per heavy atom. The van der Waals surface area contributed by atoms with Gasteiger partial charge < -0.3 is 9.73 Å². The number of carbonyl (C=O) groups excluding carboxylic acids is 1.